The van der Waals surface area contributed by atoms with E-state index in [2.05, 4.69) is 20.5 Å². The van der Waals surface area contributed by atoms with Crippen LogP contribution >= 0.6 is 11.3 Å². The van der Waals surface area contributed by atoms with Gasteiger partial charge in [0.05, 0.1) is 16.0 Å². The highest BCUT2D eigenvalue weighted by Crippen LogP contribution is 2.34. The summed E-state index contributed by atoms with van der Waals surface area (Å²) in [5.74, 6) is -1.42. The van der Waals surface area contributed by atoms with Gasteiger partial charge in [-0.05, 0) is 17.7 Å². The molecule has 3 aromatic rings. The maximum Gasteiger partial charge on any atom is 0.245 e. The zero-order chi connectivity index (χ0) is 22.1. The molecule has 162 valence electrons. The Labute approximate surface area is 175 Å². The van der Waals surface area contributed by atoms with Gasteiger partial charge >= 0.3 is 0 Å². The van der Waals surface area contributed by atoms with Crippen molar-refractivity contribution in [1.82, 2.24) is 20.5 Å². The Hall–Kier alpha value is -2.42. The van der Waals surface area contributed by atoms with Crippen molar-refractivity contribution in [3.63, 3.8) is 0 Å². The van der Waals surface area contributed by atoms with Crippen LogP contribution in [-0.2, 0) is 31.3 Å². The monoisotopic (exact) mass is 475 g/mol. The van der Waals surface area contributed by atoms with Crippen molar-refractivity contribution in [3.05, 3.63) is 35.1 Å². The van der Waals surface area contributed by atoms with Crippen LogP contribution in [0, 0.1) is 0 Å². The number of sulfone groups is 1. The number of primary sulfonamides is 1. The third-order valence-corrected chi connectivity index (χ3v) is 7.44. The summed E-state index contributed by atoms with van der Waals surface area (Å²) in [6, 6.07) is 5.04. The number of H-pyrrole nitrogens is 1. The van der Waals surface area contributed by atoms with Crippen LogP contribution in [0.1, 0.15) is 16.0 Å². The van der Waals surface area contributed by atoms with Gasteiger partial charge in [-0.25, -0.2) is 31.3 Å². The van der Waals surface area contributed by atoms with Crippen molar-refractivity contribution in [2.75, 3.05) is 18.6 Å². The minimum absolute atomic E-state index is 0.0377. The summed E-state index contributed by atoms with van der Waals surface area (Å²) in [5, 5.41) is 12.0. The molecule has 2 aromatic heterocycles. The molecule has 0 saturated heterocycles. The number of sulfonamides is 1. The number of aromatic nitrogens is 3. The number of benzene rings is 1. The smallest absolute Gasteiger partial charge is 0.245 e. The van der Waals surface area contributed by atoms with Crippen molar-refractivity contribution in [1.29, 1.82) is 0 Å². The summed E-state index contributed by atoms with van der Waals surface area (Å²) in [7, 11) is -7.71. The first-order valence-electron chi connectivity index (χ1n) is 8.46. The van der Waals surface area contributed by atoms with Gasteiger partial charge in [-0.15, -0.1) is 11.3 Å². The predicted octanol–water partition coefficient (Wildman–Crippen LogP) is 0.646. The number of nitrogens with two attached hydrogens (primary N) is 1. The third kappa shape index (κ3) is 5.00. The molecular formula is C16H18FN5O5S3. The highest BCUT2D eigenvalue weighted by atomic mass is 32.2. The Bertz CT molecular complexity index is 1300. The number of carbonyl (C=O) groups excluding carboxylic acids is 1. The summed E-state index contributed by atoms with van der Waals surface area (Å²) in [6.07, 6.45) is 2.45. The van der Waals surface area contributed by atoms with E-state index in [1.165, 1.54) is 0 Å². The number of nitrogens with zero attached hydrogens (tertiary/aromatic N) is 2. The molecule has 3 rings (SSSR count). The summed E-state index contributed by atoms with van der Waals surface area (Å²) >= 11 is 1.01. The lowest BCUT2D eigenvalue weighted by Crippen LogP contribution is -2.37. The molecule has 10 nitrogen and oxygen atoms in total. The number of carbonyl (C=O) groups is 1. The second-order valence-electron chi connectivity index (χ2n) is 6.48. The van der Waals surface area contributed by atoms with Crippen LogP contribution in [0.25, 0.3) is 21.3 Å². The molecule has 0 fully saturated rings. The second-order valence-corrected chi connectivity index (χ2v) is 11.4. The molecule has 0 spiro atoms. The molecule has 14 heteroatoms. The van der Waals surface area contributed by atoms with E-state index in [1.807, 2.05) is 0 Å². The first-order valence-corrected chi connectivity index (χ1v) is 12.9. The Morgan fingerprint density at radius 3 is 2.70 bits per heavy atom. The van der Waals surface area contributed by atoms with E-state index < -0.39 is 43.4 Å². The largest absolute Gasteiger partial charge is 0.354 e. The zero-order valence-corrected chi connectivity index (χ0v) is 18.1. The van der Waals surface area contributed by atoms with Gasteiger partial charge in [-0.3, -0.25) is 9.89 Å². The van der Waals surface area contributed by atoms with E-state index in [0.717, 1.165) is 17.6 Å². The number of thiazole rings is 1. The van der Waals surface area contributed by atoms with E-state index >= 15 is 0 Å². The normalized spacial score (nSPS) is 13.4. The van der Waals surface area contributed by atoms with Crippen LogP contribution in [-0.4, -0.2) is 56.5 Å². The van der Waals surface area contributed by atoms with E-state index in [9.17, 15) is 26.0 Å². The quantitative estimate of drug-likeness (QED) is 0.430. The molecule has 0 aliphatic rings. The molecule has 0 radical (unpaired) electrons. The van der Waals surface area contributed by atoms with Crippen molar-refractivity contribution in [2.45, 2.75) is 11.9 Å². The van der Waals surface area contributed by atoms with Gasteiger partial charge in [-0.1, -0.05) is 6.07 Å². The Morgan fingerprint density at radius 1 is 1.33 bits per heavy atom. The van der Waals surface area contributed by atoms with Crippen molar-refractivity contribution < 1.29 is 26.0 Å². The zero-order valence-electron chi connectivity index (χ0n) is 15.6. The lowest BCUT2D eigenvalue weighted by atomic mass is 10.1. The van der Waals surface area contributed by atoms with Crippen molar-refractivity contribution in [3.8, 4) is 11.1 Å². The minimum Gasteiger partial charge on any atom is -0.354 e. The maximum atomic E-state index is 13.1. The fourth-order valence-corrected chi connectivity index (χ4v) is 5.73. The molecule has 1 amide bonds. The standard InChI is InChI=1S/C16H18FN5O5S3/c1-29(24,25)14(15(23)19-4-5-30(18,26)27)16-21-11-3-2-9(6-13(11)28-16)10-8-20-22-12(10)7-17/h2-3,6,8,14H,4-5,7H2,1H3,(H,19,23)(H,20,22)(H2,18,26,27). The average molecular weight is 476 g/mol. The molecule has 1 atom stereocenters. The lowest BCUT2D eigenvalue weighted by molar-refractivity contribution is -0.120. The molecule has 0 bridgehead atoms. The summed E-state index contributed by atoms with van der Waals surface area (Å²) < 4.78 is 60.2. The lowest BCUT2D eigenvalue weighted by Gasteiger charge is -2.12. The molecule has 1 aromatic carbocycles. The van der Waals surface area contributed by atoms with E-state index in [-0.39, 0.29) is 17.2 Å². The number of amides is 1. The SMILES string of the molecule is CS(=O)(=O)C(C(=O)NCCS(N)(=O)=O)c1nc2ccc(-c3c[nH]nc3CF)cc2s1. The number of alkyl halides is 1. The van der Waals surface area contributed by atoms with Gasteiger partial charge in [0.1, 0.15) is 17.4 Å². The predicted molar refractivity (Wildman–Crippen MR) is 111 cm³/mol. The van der Waals surface area contributed by atoms with Crippen LogP contribution in [0.2, 0.25) is 0 Å². The molecule has 4 N–H and O–H groups in total. The highest BCUT2D eigenvalue weighted by Gasteiger charge is 2.34. The maximum absolute atomic E-state index is 13.1. The number of fused-ring (bicyclic) bond motifs is 1. The van der Waals surface area contributed by atoms with Crippen LogP contribution < -0.4 is 10.5 Å². The molecule has 2 heterocycles. The number of nitrogens with one attached hydrogen (secondary N) is 2. The molecule has 0 aliphatic carbocycles. The first kappa shape index (κ1) is 22.3. The first-order chi connectivity index (χ1) is 14.0. The van der Waals surface area contributed by atoms with Gasteiger partial charge in [0.2, 0.25) is 15.9 Å². The molecular weight excluding hydrogens is 457 g/mol. The number of rotatable bonds is 8. The van der Waals surface area contributed by atoms with E-state index in [1.54, 1.807) is 24.4 Å². The molecule has 1 unspecified atom stereocenters. The van der Waals surface area contributed by atoms with Crippen LogP contribution in [0.5, 0.6) is 0 Å². The van der Waals surface area contributed by atoms with Gasteiger partial charge < -0.3 is 5.32 Å². The molecule has 30 heavy (non-hydrogen) atoms. The molecule has 0 aliphatic heterocycles. The summed E-state index contributed by atoms with van der Waals surface area (Å²) in [6.45, 7) is -1.08. The van der Waals surface area contributed by atoms with E-state index in [0.29, 0.717) is 21.3 Å². The summed E-state index contributed by atoms with van der Waals surface area (Å²) in [5.41, 5.74) is 1.93. The number of hydrogen-bond acceptors (Lipinski definition) is 8. The molecule has 0 saturated carbocycles. The fourth-order valence-electron chi connectivity index (χ4n) is 2.79. The van der Waals surface area contributed by atoms with Gasteiger partial charge in [0, 0.05) is 24.6 Å². The Kier molecular flexibility index (Phi) is 6.21. The second kappa shape index (κ2) is 8.37. The van der Waals surface area contributed by atoms with Crippen LogP contribution in [0.3, 0.4) is 0 Å². The highest BCUT2D eigenvalue weighted by molar-refractivity contribution is 7.91. The Balaban J connectivity index is 1.94. The van der Waals surface area contributed by atoms with Crippen LogP contribution in [0.4, 0.5) is 4.39 Å². The van der Waals surface area contributed by atoms with Crippen molar-refractivity contribution >= 4 is 47.3 Å². The number of hydrogen-bond donors (Lipinski definition) is 3. The van der Waals surface area contributed by atoms with Gasteiger partial charge in [0.25, 0.3) is 0 Å². The number of aromatic amines is 1. The summed E-state index contributed by atoms with van der Waals surface area (Å²) in [4.78, 5) is 16.7. The van der Waals surface area contributed by atoms with Crippen molar-refractivity contribution in [2.24, 2.45) is 5.14 Å². The van der Waals surface area contributed by atoms with E-state index in [4.69, 9.17) is 5.14 Å². The van der Waals surface area contributed by atoms with Crippen LogP contribution in [0.15, 0.2) is 24.4 Å². The Morgan fingerprint density at radius 2 is 2.07 bits per heavy atom. The third-order valence-electron chi connectivity index (χ3n) is 4.14. The fraction of sp³-hybridized carbons (Fsp3) is 0.312. The van der Waals surface area contributed by atoms with Gasteiger partial charge in [-0.2, -0.15) is 5.10 Å². The number of halogens is 1. The van der Waals surface area contributed by atoms with Gasteiger partial charge in [0.15, 0.2) is 15.1 Å². The minimum atomic E-state index is -3.90. The average Bonchev–Trinajstić information content (AvgIpc) is 3.24. The topological polar surface area (TPSA) is 165 Å².